The molecule has 0 aliphatic rings. The molecule has 0 bridgehead atoms. The summed E-state index contributed by atoms with van der Waals surface area (Å²) in [6.45, 7) is 10.6. The minimum atomic E-state index is -0.494. The SMILES string of the molecule is COc1cccc(CNC(C)(C)CNC(=O)OC(C)(C)C)n1. The van der Waals surface area contributed by atoms with Crippen LogP contribution in [0, 0.1) is 0 Å². The van der Waals surface area contributed by atoms with Crippen LogP contribution in [0.15, 0.2) is 18.2 Å². The quantitative estimate of drug-likeness (QED) is 0.844. The Labute approximate surface area is 132 Å². The van der Waals surface area contributed by atoms with Crippen LogP contribution >= 0.6 is 0 Å². The highest BCUT2D eigenvalue weighted by Crippen LogP contribution is 2.09. The van der Waals surface area contributed by atoms with Crippen molar-refractivity contribution in [1.29, 1.82) is 0 Å². The number of aromatic nitrogens is 1. The van der Waals surface area contributed by atoms with E-state index in [1.54, 1.807) is 13.2 Å². The average molecular weight is 309 g/mol. The molecule has 1 aromatic heterocycles. The van der Waals surface area contributed by atoms with E-state index in [1.165, 1.54) is 0 Å². The number of pyridine rings is 1. The second kappa shape index (κ2) is 7.45. The normalized spacial score (nSPS) is 11.9. The molecule has 0 saturated heterocycles. The molecule has 0 spiro atoms. The molecule has 0 atom stereocenters. The van der Waals surface area contributed by atoms with Crippen LogP contribution in [0.2, 0.25) is 0 Å². The molecule has 22 heavy (non-hydrogen) atoms. The number of amides is 1. The van der Waals surface area contributed by atoms with Gasteiger partial charge in [-0.2, -0.15) is 0 Å². The van der Waals surface area contributed by atoms with Crippen molar-refractivity contribution in [2.75, 3.05) is 13.7 Å². The molecule has 124 valence electrons. The zero-order valence-electron chi connectivity index (χ0n) is 14.3. The molecule has 1 heterocycles. The molecular formula is C16H27N3O3. The summed E-state index contributed by atoms with van der Waals surface area (Å²) in [5.74, 6) is 0.587. The number of carbonyl (C=O) groups is 1. The fraction of sp³-hybridized carbons (Fsp3) is 0.625. The van der Waals surface area contributed by atoms with Crippen molar-refractivity contribution < 1.29 is 14.3 Å². The Morgan fingerprint density at radius 2 is 1.91 bits per heavy atom. The van der Waals surface area contributed by atoms with Crippen molar-refractivity contribution in [3.63, 3.8) is 0 Å². The van der Waals surface area contributed by atoms with Crippen LogP contribution in [0.1, 0.15) is 40.3 Å². The number of nitrogens with one attached hydrogen (secondary N) is 2. The van der Waals surface area contributed by atoms with Gasteiger partial charge >= 0.3 is 6.09 Å². The first-order valence-corrected chi connectivity index (χ1v) is 7.33. The van der Waals surface area contributed by atoms with E-state index in [-0.39, 0.29) is 5.54 Å². The summed E-state index contributed by atoms with van der Waals surface area (Å²) in [6, 6.07) is 5.63. The van der Waals surface area contributed by atoms with Crippen LogP contribution in [-0.2, 0) is 11.3 Å². The summed E-state index contributed by atoms with van der Waals surface area (Å²) >= 11 is 0. The van der Waals surface area contributed by atoms with Gasteiger partial charge in [0, 0.05) is 24.7 Å². The number of methoxy groups -OCH3 is 1. The van der Waals surface area contributed by atoms with Gasteiger partial charge in [-0.15, -0.1) is 0 Å². The van der Waals surface area contributed by atoms with E-state index in [1.807, 2.05) is 46.8 Å². The van der Waals surface area contributed by atoms with Gasteiger partial charge in [-0.1, -0.05) is 6.07 Å². The number of hydrogen-bond donors (Lipinski definition) is 2. The van der Waals surface area contributed by atoms with E-state index in [9.17, 15) is 4.79 Å². The number of alkyl carbamates (subject to hydrolysis) is 1. The Morgan fingerprint density at radius 1 is 1.23 bits per heavy atom. The van der Waals surface area contributed by atoms with Crippen LogP contribution in [0.3, 0.4) is 0 Å². The maximum atomic E-state index is 11.7. The molecule has 0 saturated carbocycles. The lowest BCUT2D eigenvalue weighted by atomic mass is 10.1. The Balaban J connectivity index is 2.44. The standard InChI is InChI=1S/C16H27N3O3/c1-15(2,3)22-14(20)17-11-16(4,5)18-10-12-8-7-9-13(19-12)21-6/h7-9,18H,10-11H2,1-6H3,(H,17,20). The molecular weight excluding hydrogens is 282 g/mol. The fourth-order valence-electron chi connectivity index (χ4n) is 1.67. The molecule has 0 aromatic carbocycles. The highest BCUT2D eigenvalue weighted by Gasteiger charge is 2.21. The third-order valence-electron chi connectivity index (χ3n) is 2.81. The molecule has 1 aromatic rings. The van der Waals surface area contributed by atoms with Gasteiger partial charge in [-0.3, -0.25) is 0 Å². The molecule has 0 radical (unpaired) electrons. The van der Waals surface area contributed by atoms with Gasteiger partial charge in [0.25, 0.3) is 0 Å². The summed E-state index contributed by atoms with van der Waals surface area (Å²) in [6.07, 6.45) is -0.415. The first-order chi connectivity index (χ1) is 10.1. The van der Waals surface area contributed by atoms with Crippen molar-refractivity contribution >= 4 is 6.09 Å². The van der Waals surface area contributed by atoms with E-state index in [4.69, 9.17) is 9.47 Å². The Kier molecular flexibility index (Phi) is 6.17. The molecule has 1 rings (SSSR count). The fourth-order valence-corrected chi connectivity index (χ4v) is 1.67. The number of rotatable bonds is 6. The smallest absolute Gasteiger partial charge is 0.407 e. The van der Waals surface area contributed by atoms with Crippen molar-refractivity contribution in [3.8, 4) is 5.88 Å². The zero-order chi connectivity index (χ0) is 16.8. The predicted molar refractivity (Wildman–Crippen MR) is 85.9 cm³/mol. The molecule has 0 aliphatic carbocycles. The lowest BCUT2D eigenvalue weighted by Gasteiger charge is -2.27. The Hall–Kier alpha value is -1.82. The van der Waals surface area contributed by atoms with Gasteiger partial charge < -0.3 is 20.1 Å². The lowest BCUT2D eigenvalue weighted by molar-refractivity contribution is 0.0513. The van der Waals surface area contributed by atoms with Crippen LogP contribution in [-0.4, -0.2) is 35.9 Å². The van der Waals surface area contributed by atoms with Crippen LogP contribution in [0.5, 0.6) is 5.88 Å². The third kappa shape index (κ3) is 7.26. The molecule has 0 aliphatic heterocycles. The number of nitrogens with zero attached hydrogens (tertiary/aromatic N) is 1. The van der Waals surface area contributed by atoms with Crippen molar-refractivity contribution in [1.82, 2.24) is 15.6 Å². The summed E-state index contributed by atoms with van der Waals surface area (Å²) in [7, 11) is 1.59. The third-order valence-corrected chi connectivity index (χ3v) is 2.81. The van der Waals surface area contributed by atoms with Crippen LogP contribution in [0.25, 0.3) is 0 Å². The average Bonchev–Trinajstić information content (AvgIpc) is 2.42. The Morgan fingerprint density at radius 3 is 2.50 bits per heavy atom. The van der Waals surface area contributed by atoms with E-state index in [0.29, 0.717) is 19.0 Å². The molecule has 1 amide bonds. The Bertz CT molecular complexity index is 496. The summed E-state index contributed by atoms with van der Waals surface area (Å²) in [5.41, 5.74) is 0.0954. The number of hydrogen-bond acceptors (Lipinski definition) is 5. The van der Waals surface area contributed by atoms with E-state index in [0.717, 1.165) is 5.69 Å². The van der Waals surface area contributed by atoms with Gasteiger partial charge in [-0.25, -0.2) is 9.78 Å². The molecule has 2 N–H and O–H groups in total. The first kappa shape index (κ1) is 18.2. The van der Waals surface area contributed by atoms with Crippen LogP contribution < -0.4 is 15.4 Å². The first-order valence-electron chi connectivity index (χ1n) is 7.33. The lowest BCUT2D eigenvalue weighted by Crippen LogP contribution is -2.49. The van der Waals surface area contributed by atoms with Crippen LogP contribution in [0.4, 0.5) is 4.79 Å². The maximum Gasteiger partial charge on any atom is 0.407 e. The monoisotopic (exact) mass is 309 g/mol. The molecule has 0 fully saturated rings. The van der Waals surface area contributed by atoms with Gasteiger partial charge in [0.2, 0.25) is 5.88 Å². The van der Waals surface area contributed by atoms with Crippen molar-refractivity contribution in [2.24, 2.45) is 0 Å². The van der Waals surface area contributed by atoms with E-state index in [2.05, 4.69) is 15.6 Å². The van der Waals surface area contributed by atoms with Gasteiger partial charge in [0.1, 0.15) is 5.60 Å². The second-order valence-corrected chi connectivity index (χ2v) is 6.76. The topological polar surface area (TPSA) is 72.5 Å². The summed E-state index contributed by atoms with van der Waals surface area (Å²) < 4.78 is 10.3. The van der Waals surface area contributed by atoms with Gasteiger partial charge in [0.15, 0.2) is 0 Å². The zero-order valence-corrected chi connectivity index (χ0v) is 14.3. The van der Waals surface area contributed by atoms with E-state index < -0.39 is 11.7 Å². The van der Waals surface area contributed by atoms with Crippen molar-refractivity contribution in [3.05, 3.63) is 23.9 Å². The molecule has 6 heteroatoms. The highest BCUT2D eigenvalue weighted by atomic mass is 16.6. The maximum absolute atomic E-state index is 11.7. The summed E-state index contributed by atoms with van der Waals surface area (Å²) in [5, 5.41) is 6.13. The van der Waals surface area contributed by atoms with Gasteiger partial charge in [-0.05, 0) is 40.7 Å². The predicted octanol–water partition coefficient (Wildman–Crippen LogP) is 2.48. The van der Waals surface area contributed by atoms with Gasteiger partial charge in [0.05, 0.1) is 12.8 Å². The second-order valence-electron chi connectivity index (χ2n) is 6.76. The van der Waals surface area contributed by atoms with Crippen molar-refractivity contribution in [2.45, 2.75) is 52.3 Å². The minimum Gasteiger partial charge on any atom is -0.481 e. The molecule has 6 nitrogen and oxygen atoms in total. The van der Waals surface area contributed by atoms with E-state index >= 15 is 0 Å². The minimum absolute atomic E-state index is 0.290. The summed E-state index contributed by atoms with van der Waals surface area (Å²) in [4.78, 5) is 16.0. The number of carbonyl (C=O) groups excluding carboxylic acids is 1. The largest absolute Gasteiger partial charge is 0.481 e. The molecule has 0 unspecified atom stereocenters. The highest BCUT2D eigenvalue weighted by molar-refractivity contribution is 5.67. The number of ether oxygens (including phenoxy) is 2.